The minimum absolute atomic E-state index is 0. The largest absolute Gasteiger partial charge is 0.416 e. The number of carbonyl (C=O) groups is 1. The molecule has 3 heterocycles. The fraction of sp³-hybridized carbons (Fsp3) is 0.333. The Morgan fingerprint density at radius 3 is 2.58 bits per heavy atom. The molecule has 0 saturated heterocycles. The molecule has 0 aromatic heterocycles. The molecule has 2 aromatic rings. The van der Waals surface area contributed by atoms with Crippen molar-refractivity contribution in [3.05, 3.63) is 94.7 Å². The van der Waals surface area contributed by atoms with E-state index in [1.165, 1.54) is 12.1 Å². The van der Waals surface area contributed by atoms with Crippen molar-refractivity contribution in [2.75, 3.05) is 26.2 Å². The molecule has 0 radical (unpaired) electrons. The van der Waals surface area contributed by atoms with Crippen molar-refractivity contribution in [2.24, 2.45) is 4.99 Å². The summed E-state index contributed by atoms with van der Waals surface area (Å²) in [6.07, 6.45) is -1.20. The van der Waals surface area contributed by atoms with E-state index in [0.717, 1.165) is 60.5 Å². The quantitative estimate of drug-likeness (QED) is 0.504. The van der Waals surface area contributed by atoms with Crippen LogP contribution in [0, 0.1) is 11.8 Å². The maximum Gasteiger partial charge on any atom is 0.416 e. The van der Waals surface area contributed by atoms with Crippen molar-refractivity contribution < 1.29 is 18.0 Å². The summed E-state index contributed by atoms with van der Waals surface area (Å²) in [6, 6.07) is 13.0. The van der Waals surface area contributed by atoms with Gasteiger partial charge in [-0.3, -0.25) is 19.6 Å². The summed E-state index contributed by atoms with van der Waals surface area (Å²) in [5.74, 6) is 6.41. The molecule has 38 heavy (non-hydrogen) atoms. The molecule has 3 aliphatic heterocycles. The zero-order valence-corrected chi connectivity index (χ0v) is 20.4. The van der Waals surface area contributed by atoms with Gasteiger partial charge in [0.25, 0.3) is 5.91 Å². The third-order valence-electron chi connectivity index (χ3n) is 6.77. The summed E-state index contributed by atoms with van der Waals surface area (Å²) in [5.41, 5.74) is 3.72. The third kappa shape index (κ3) is 5.68. The molecular weight excluding hydrogens is 489 g/mol. The average molecular weight is 521 g/mol. The number of allylic oxidation sites excluding steroid dienone is 1. The molecule has 0 bridgehead atoms. The number of aliphatic imine (C=N–C) groups is 1. The fourth-order valence-electron chi connectivity index (χ4n) is 5.03. The van der Waals surface area contributed by atoms with Gasteiger partial charge in [0.2, 0.25) is 5.96 Å². The van der Waals surface area contributed by atoms with E-state index in [-0.39, 0.29) is 19.9 Å². The lowest BCUT2D eigenvalue weighted by Crippen LogP contribution is -2.56. The molecule has 198 valence electrons. The van der Waals surface area contributed by atoms with Gasteiger partial charge in [-0.25, -0.2) is 0 Å². The highest BCUT2D eigenvalue weighted by Crippen LogP contribution is 2.33. The number of halogens is 3. The summed E-state index contributed by atoms with van der Waals surface area (Å²) in [5, 5.41) is 0. The monoisotopic (exact) mass is 520 g/mol. The van der Waals surface area contributed by atoms with Crippen LogP contribution in [0.25, 0.3) is 0 Å². The molecule has 2 aromatic carbocycles. The Balaban J connectivity index is 0.00000336. The number of fused-ring (bicyclic) bond motifs is 2. The minimum atomic E-state index is -4.40. The molecule has 0 unspecified atom stereocenters. The van der Waals surface area contributed by atoms with Gasteiger partial charge < -0.3 is 4.90 Å². The van der Waals surface area contributed by atoms with Crippen LogP contribution in [-0.4, -0.2) is 52.7 Å². The minimum Gasteiger partial charge on any atom is -0.315 e. The molecule has 0 N–H and O–H groups in total. The zero-order valence-electron chi connectivity index (χ0n) is 20.4. The Morgan fingerprint density at radius 2 is 1.84 bits per heavy atom. The highest BCUT2D eigenvalue weighted by atomic mass is 19.4. The Bertz CT molecular complexity index is 1330. The maximum absolute atomic E-state index is 13.7. The molecule has 0 saturated carbocycles. The molecule has 0 aliphatic carbocycles. The molecular formula is C30H31F3N4O. The molecule has 1 amide bonds. The van der Waals surface area contributed by atoms with Crippen LogP contribution in [0.15, 0.2) is 77.4 Å². The molecule has 8 heteroatoms. The van der Waals surface area contributed by atoms with Crippen LogP contribution in [0.5, 0.6) is 0 Å². The van der Waals surface area contributed by atoms with E-state index >= 15 is 0 Å². The molecule has 0 spiro atoms. The Labute approximate surface area is 221 Å². The number of hydrogen-bond acceptors (Lipinski definition) is 4. The van der Waals surface area contributed by atoms with Gasteiger partial charge in [0, 0.05) is 50.4 Å². The van der Waals surface area contributed by atoms with Gasteiger partial charge in [-0.15, -0.1) is 0 Å². The van der Waals surface area contributed by atoms with Gasteiger partial charge in [-0.1, -0.05) is 50.1 Å². The van der Waals surface area contributed by atoms with Crippen molar-refractivity contribution in [2.45, 2.75) is 39.5 Å². The first-order chi connectivity index (χ1) is 17.8. The lowest BCUT2D eigenvalue weighted by Gasteiger charge is -2.45. The Morgan fingerprint density at radius 1 is 1.05 bits per heavy atom. The van der Waals surface area contributed by atoms with E-state index in [1.807, 2.05) is 12.1 Å². The molecule has 5 nitrogen and oxygen atoms in total. The topological polar surface area (TPSA) is 39.2 Å². The number of rotatable bonds is 4. The predicted octanol–water partition coefficient (Wildman–Crippen LogP) is 5.44. The van der Waals surface area contributed by atoms with E-state index in [0.29, 0.717) is 31.2 Å². The van der Waals surface area contributed by atoms with E-state index in [9.17, 15) is 18.0 Å². The van der Waals surface area contributed by atoms with Gasteiger partial charge >= 0.3 is 6.18 Å². The first-order valence-corrected chi connectivity index (χ1v) is 12.3. The number of carbonyl (C=O) groups excluding carboxylic acids is 1. The van der Waals surface area contributed by atoms with Crippen molar-refractivity contribution in [3.63, 3.8) is 0 Å². The molecule has 3 aliphatic rings. The fourth-order valence-corrected chi connectivity index (χ4v) is 5.03. The van der Waals surface area contributed by atoms with Crippen LogP contribution < -0.4 is 0 Å². The zero-order chi connectivity index (χ0) is 26.0. The van der Waals surface area contributed by atoms with Crippen molar-refractivity contribution in [1.82, 2.24) is 14.7 Å². The summed E-state index contributed by atoms with van der Waals surface area (Å²) >= 11 is 0. The van der Waals surface area contributed by atoms with Crippen LogP contribution in [0.2, 0.25) is 0 Å². The second-order valence-corrected chi connectivity index (χ2v) is 9.33. The van der Waals surface area contributed by atoms with Crippen LogP contribution in [0.3, 0.4) is 0 Å². The number of hydrogen-bond donors (Lipinski definition) is 0. The van der Waals surface area contributed by atoms with E-state index < -0.39 is 11.7 Å². The van der Waals surface area contributed by atoms with Gasteiger partial charge in [0.05, 0.1) is 17.7 Å². The van der Waals surface area contributed by atoms with Gasteiger partial charge in [0.1, 0.15) is 0 Å². The van der Waals surface area contributed by atoms with Crippen LogP contribution >= 0.6 is 0 Å². The lowest BCUT2D eigenvalue weighted by atomic mass is 9.98. The first kappa shape index (κ1) is 27.2. The van der Waals surface area contributed by atoms with Crippen molar-refractivity contribution in [3.8, 4) is 11.8 Å². The highest BCUT2D eigenvalue weighted by Gasteiger charge is 2.40. The second kappa shape index (κ2) is 11.3. The number of benzene rings is 2. The van der Waals surface area contributed by atoms with E-state index in [2.05, 4.69) is 45.3 Å². The SMILES string of the molecule is C.C=CC#Cc1cccc(CN2CCC3=C(C2)C(=O)N(Cc2ccc(C(F)(F)F)cc2)C2=NCCCN23)c1. The average Bonchev–Trinajstić information content (AvgIpc) is 2.90. The summed E-state index contributed by atoms with van der Waals surface area (Å²) in [6.45, 7) is 7.22. The van der Waals surface area contributed by atoms with Crippen molar-refractivity contribution in [1.29, 1.82) is 0 Å². The standard InChI is InChI=1S/C29H27F3N4O.CH4/c1-2-3-6-21-7-4-8-23(17-21)18-34-16-13-26-25(20-34)27(37)36(28-33-14-5-15-35(26)28)19-22-9-11-24(12-10-22)29(30,31)32;/h2,4,7-12,17H,1,5,13-16,18-20H2;1H4. The number of alkyl halides is 3. The second-order valence-electron chi connectivity index (χ2n) is 9.33. The first-order valence-electron chi connectivity index (χ1n) is 12.3. The van der Waals surface area contributed by atoms with E-state index in [4.69, 9.17) is 0 Å². The normalized spacial score (nSPS) is 17.6. The number of nitrogens with zero attached hydrogens (tertiary/aromatic N) is 4. The highest BCUT2D eigenvalue weighted by molar-refractivity contribution is 6.09. The van der Waals surface area contributed by atoms with Gasteiger partial charge in [-0.05, 0) is 47.9 Å². The summed E-state index contributed by atoms with van der Waals surface area (Å²) in [7, 11) is 0. The Kier molecular flexibility index (Phi) is 8.08. The Hall–Kier alpha value is -3.83. The molecule has 0 atom stereocenters. The van der Waals surface area contributed by atoms with E-state index in [1.54, 1.807) is 11.0 Å². The van der Waals surface area contributed by atoms with Crippen molar-refractivity contribution >= 4 is 11.9 Å². The molecule has 5 rings (SSSR count). The number of guanidine groups is 1. The molecule has 0 fully saturated rings. The summed E-state index contributed by atoms with van der Waals surface area (Å²) in [4.78, 5) is 24.4. The van der Waals surface area contributed by atoms with Crippen LogP contribution in [-0.2, 0) is 24.1 Å². The summed E-state index contributed by atoms with van der Waals surface area (Å²) < 4.78 is 39.0. The maximum atomic E-state index is 13.7. The lowest BCUT2D eigenvalue weighted by molar-refractivity contribution is -0.137. The van der Waals surface area contributed by atoms with Gasteiger partial charge in [-0.2, -0.15) is 13.2 Å². The predicted molar refractivity (Wildman–Crippen MR) is 143 cm³/mol. The third-order valence-corrected chi connectivity index (χ3v) is 6.77. The van der Waals surface area contributed by atoms with Gasteiger partial charge in [0.15, 0.2) is 0 Å². The number of amides is 1. The smallest absolute Gasteiger partial charge is 0.315 e. The van der Waals surface area contributed by atoms with Crippen LogP contribution in [0.4, 0.5) is 13.2 Å². The van der Waals surface area contributed by atoms with Crippen LogP contribution in [0.1, 0.15) is 42.5 Å².